The van der Waals surface area contributed by atoms with Gasteiger partial charge in [-0.05, 0) is 117 Å². The van der Waals surface area contributed by atoms with E-state index in [1.54, 1.807) is 6.08 Å². The summed E-state index contributed by atoms with van der Waals surface area (Å²) < 4.78 is 19.2. The highest BCUT2D eigenvalue weighted by Gasteiger charge is 2.32. The summed E-state index contributed by atoms with van der Waals surface area (Å²) in [4.78, 5) is 14.3. The Morgan fingerprint density at radius 2 is 1.14 bits per heavy atom. The van der Waals surface area contributed by atoms with Crippen molar-refractivity contribution in [3.8, 4) is 0 Å². The summed E-state index contributed by atoms with van der Waals surface area (Å²) in [6, 6.07) is 4.98. The predicted molar refractivity (Wildman–Crippen MR) is 172 cm³/mol. The smallest absolute Gasteiger partial charge is 0.234 e. The standard InChI is InChI=1S/C28H63NO4Si4/c1-24(2)31-35(7,8)20-13-15-27(16-21-36(9,10)32-25(3)4)28(34-19-14-18-29-23-30)17-22-37(11,12)33-26(5)6/h24-28H,13-22,34H2,1-12H3. The van der Waals surface area contributed by atoms with E-state index in [2.05, 4.69) is 85.8 Å². The molecule has 0 radical (unpaired) electrons. The van der Waals surface area contributed by atoms with E-state index in [1.165, 1.54) is 49.9 Å². The molecule has 0 fully saturated rings. The summed E-state index contributed by atoms with van der Waals surface area (Å²) in [5.74, 6) is 0.761. The van der Waals surface area contributed by atoms with Gasteiger partial charge in [-0.15, -0.1) is 0 Å². The zero-order chi connectivity index (χ0) is 28.7. The van der Waals surface area contributed by atoms with E-state index < -0.39 is 25.0 Å². The van der Waals surface area contributed by atoms with Gasteiger partial charge in [-0.1, -0.05) is 31.7 Å². The molecule has 0 amide bonds. The van der Waals surface area contributed by atoms with Crippen molar-refractivity contribution in [1.29, 1.82) is 0 Å². The lowest BCUT2D eigenvalue weighted by Crippen LogP contribution is -2.36. The molecule has 0 heterocycles. The summed E-state index contributed by atoms with van der Waals surface area (Å²) in [5.41, 5.74) is 0.822. The van der Waals surface area contributed by atoms with Gasteiger partial charge in [0.1, 0.15) is 0 Å². The third-order valence-corrected chi connectivity index (χ3v) is 17.7. The zero-order valence-electron chi connectivity index (χ0n) is 26.7. The molecule has 0 saturated carbocycles. The molecule has 0 N–H and O–H groups in total. The summed E-state index contributed by atoms with van der Waals surface area (Å²) in [7, 11) is -5.25. The molecule has 0 bridgehead atoms. The first-order valence-corrected chi connectivity index (χ1v) is 26.2. The number of aliphatic imine (C=N–C) groups is 1. The highest BCUT2D eigenvalue weighted by molar-refractivity contribution is 6.72. The van der Waals surface area contributed by atoms with E-state index in [0.717, 1.165) is 17.9 Å². The molecule has 0 saturated heterocycles. The van der Waals surface area contributed by atoms with Gasteiger partial charge in [-0.25, -0.2) is 9.79 Å². The fourth-order valence-corrected chi connectivity index (χ4v) is 16.1. The lowest BCUT2D eigenvalue weighted by atomic mass is 9.95. The van der Waals surface area contributed by atoms with Crippen LogP contribution in [0.3, 0.4) is 0 Å². The maximum Gasteiger partial charge on any atom is 0.234 e. The SMILES string of the molecule is CC(C)O[Si](C)(C)CCCC(CC[Si](C)(C)OC(C)C)C(CC[Si](C)(C)OC(C)C)[SiH2]CCCN=C=O. The van der Waals surface area contributed by atoms with E-state index in [9.17, 15) is 4.79 Å². The molecule has 9 heteroatoms. The second kappa shape index (κ2) is 18.5. The molecule has 0 spiro atoms. The second-order valence-electron chi connectivity index (χ2n) is 13.7. The summed E-state index contributed by atoms with van der Waals surface area (Å²) in [6.07, 6.45) is 8.85. The summed E-state index contributed by atoms with van der Waals surface area (Å²) in [5, 5.41) is 0. The molecule has 5 nitrogen and oxygen atoms in total. The van der Waals surface area contributed by atoms with Crippen LogP contribution in [0.1, 0.15) is 73.6 Å². The number of rotatable bonds is 22. The number of hydrogen-bond acceptors (Lipinski definition) is 5. The first-order chi connectivity index (χ1) is 17.0. The van der Waals surface area contributed by atoms with Crippen LogP contribution in [0.4, 0.5) is 0 Å². The van der Waals surface area contributed by atoms with Gasteiger partial charge in [-0.3, -0.25) is 0 Å². The fraction of sp³-hybridized carbons (Fsp3) is 0.964. The Kier molecular flexibility index (Phi) is 18.5. The van der Waals surface area contributed by atoms with Crippen molar-refractivity contribution >= 4 is 40.6 Å². The highest BCUT2D eigenvalue weighted by atomic mass is 28.4. The summed E-state index contributed by atoms with van der Waals surface area (Å²) in [6.45, 7) is 28.0. The van der Waals surface area contributed by atoms with Gasteiger partial charge in [0.25, 0.3) is 0 Å². The highest BCUT2D eigenvalue weighted by Crippen LogP contribution is 2.37. The molecule has 2 unspecified atom stereocenters. The Morgan fingerprint density at radius 1 is 0.676 bits per heavy atom. The first kappa shape index (κ1) is 37.1. The molecule has 0 aromatic heterocycles. The van der Waals surface area contributed by atoms with Gasteiger partial charge in [0, 0.05) is 27.8 Å². The third-order valence-electron chi connectivity index (χ3n) is 7.08. The van der Waals surface area contributed by atoms with Crippen LogP contribution >= 0.6 is 0 Å². The minimum atomic E-state index is -1.68. The van der Waals surface area contributed by atoms with Crippen molar-refractivity contribution in [2.45, 2.75) is 161 Å². The quantitative estimate of drug-likeness (QED) is 0.0553. The Bertz CT molecular complexity index is 650. The van der Waals surface area contributed by atoms with Gasteiger partial charge in [-0.2, -0.15) is 0 Å². The largest absolute Gasteiger partial charge is 0.415 e. The minimum Gasteiger partial charge on any atom is -0.415 e. The van der Waals surface area contributed by atoms with Gasteiger partial charge in [0.15, 0.2) is 25.0 Å². The first-order valence-electron chi connectivity index (χ1n) is 15.1. The topological polar surface area (TPSA) is 57.1 Å². The molecule has 0 aromatic carbocycles. The Labute approximate surface area is 236 Å². The maximum atomic E-state index is 10.5. The molecule has 0 aliphatic carbocycles. The summed E-state index contributed by atoms with van der Waals surface area (Å²) >= 11 is 0. The zero-order valence-corrected chi connectivity index (χ0v) is 31.2. The van der Waals surface area contributed by atoms with Crippen molar-refractivity contribution in [2.75, 3.05) is 6.54 Å². The molecule has 37 heavy (non-hydrogen) atoms. The molecule has 0 aliphatic rings. The average molecular weight is 590 g/mol. The Morgan fingerprint density at radius 3 is 1.59 bits per heavy atom. The number of hydrogen-bond donors (Lipinski definition) is 0. The van der Waals surface area contributed by atoms with Crippen LogP contribution in [0.15, 0.2) is 4.99 Å². The fourth-order valence-electron chi connectivity index (χ4n) is 5.82. The van der Waals surface area contributed by atoms with Crippen molar-refractivity contribution in [3.63, 3.8) is 0 Å². The third kappa shape index (κ3) is 20.7. The van der Waals surface area contributed by atoms with Crippen LogP contribution in [-0.2, 0) is 18.1 Å². The molecule has 0 aromatic rings. The normalized spacial score (nSPS) is 15.2. The Hall–Kier alpha value is 0.128. The van der Waals surface area contributed by atoms with Crippen molar-refractivity contribution in [3.05, 3.63) is 0 Å². The van der Waals surface area contributed by atoms with E-state index in [1.807, 2.05) is 0 Å². The second-order valence-corrected chi connectivity index (χ2v) is 28.8. The van der Waals surface area contributed by atoms with E-state index in [4.69, 9.17) is 13.3 Å². The van der Waals surface area contributed by atoms with Gasteiger partial charge >= 0.3 is 0 Å². The number of nitrogens with zero attached hydrogens (tertiary/aromatic N) is 1. The molecular formula is C28H63NO4Si4. The lowest BCUT2D eigenvalue weighted by molar-refractivity contribution is 0.226. The van der Waals surface area contributed by atoms with Gasteiger partial charge < -0.3 is 13.3 Å². The molecule has 0 rings (SSSR count). The number of isocyanates is 1. The van der Waals surface area contributed by atoms with Crippen molar-refractivity contribution in [2.24, 2.45) is 10.9 Å². The molecule has 0 aliphatic heterocycles. The van der Waals surface area contributed by atoms with Crippen LogP contribution in [0.2, 0.25) is 69.0 Å². The van der Waals surface area contributed by atoms with Crippen LogP contribution in [0.5, 0.6) is 0 Å². The predicted octanol–water partition coefficient (Wildman–Crippen LogP) is 8.15. The van der Waals surface area contributed by atoms with E-state index >= 15 is 0 Å². The monoisotopic (exact) mass is 589 g/mol. The van der Waals surface area contributed by atoms with Crippen molar-refractivity contribution < 1.29 is 18.1 Å². The maximum absolute atomic E-state index is 10.5. The number of carbonyl (C=O) groups excluding carboxylic acids is 1. The van der Waals surface area contributed by atoms with Crippen LogP contribution in [-0.4, -0.2) is 65.4 Å². The molecular weight excluding hydrogens is 527 g/mol. The van der Waals surface area contributed by atoms with E-state index in [0.29, 0.717) is 24.9 Å². The average Bonchev–Trinajstić information content (AvgIpc) is 2.70. The molecule has 2 atom stereocenters. The van der Waals surface area contributed by atoms with Crippen LogP contribution in [0, 0.1) is 5.92 Å². The Balaban J connectivity index is 5.61. The van der Waals surface area contributed by atoms with Crippen molar-refractivity contribution in [1.82, 2.24) is 0 Å². The minimum absolute atomic E-state index is 0.281. The van der Waals surface area contributed by atoms with Crippen LogP contribution in [0.25, 0.3) is 0 Å². The van der Waals surface area contributed by atoms with Gasteiger partial charge in [0.2, 0.25) is 6.08 Å². The lowest BCUT2D eigenvalue weighted by Gasteiger charge is -2.34. The van der Waals surface area contributed by atoms with E-state index in [-0.39, 0.29) is 9.52 Å². The van der Waals surface area contributed by atoms with Crippen LogP contribution < -0.4 is 0 Å². The molecule has 220 valence electrons. The van der Waals surface area contributed by atoms with Gasteiger partial charge in [0.05, 0.1) is 6.54 Å².